The van der Waals surface area contributed by atoms with Crippen molar-refractivity contribution >= 4 is 17.6 Å². The van der Waals surface area contributed by atoms with Gasteiger partial charge in [-0.15, -0.1) is 0 Å². The number of methoxy groups -OCH3 is 2. The van der Waals surface area contributed by atoms with Crippen molar-refractivity contribution in [1.29, 1.82) is 0 Å². The summed E-state index contributed by atoms with van der Waals surface area (Å²) >= 11 is 0. The average Bonchev–Trinajstić information content (AvgIpc) is 2.71. The first kappa shape index (κ1) is 18.6. The van der Waals surface area contributed by atoms with E-state index in [2.05, 4.69) is 0 Å². The van der Waals surface area contributed by atoms with Gasteiger partial charge in [0.05, 0.1) is 26.3 Å². The maximum Gasteiger partial charge on any atom is 0.307 e. The second kappa shape index (κ2) is 8.44. The number of carbonyl (C=O) groups excluding carboxylic acids is 2. The Balaban J connectivity index is 1.59. The number of rotatable bonds is 7. The van der Waals surface area contributed by atoms with Crippen LogP contribution in [-0.4, -0.2) is 39.2 Å². The number of nitrogens with zero attached hydrogens (tertiary/aromatic N) is 1. The Morgan fingerprint density at radius 1 is 1.15 bits per heavy atom. The molecule has 1 heterocycles. The number of hydrogen-bond donors (Lipinski definition) is 0. The lowest BCUT2D eigenvalue weighted by Crippen LogP contribution is -2.40. The maximum absolute atomic E-state index is 12.2. The van der Waals surface area contributed by atoms with E-state index in [1.807, 2.05) is 12.1 Å². The molecule has 0 atom stereocenters. The Bertz CT molecular complexity index is 835. The van der Waals surface area contributed by atoms with E-state index in [1.165, 1.54) is 0 Å². The monoisotopic (exact) mass is 371 g/mol. The van der Waals surface area contributed by atoms with Gasteiger partial charge in [-0.2, -0.15) is 0 Å². The van der Waals surface area contributed by atoms with Crippen LogP contribution >= 0.6 is 0 Å². The summed E-state index contributed by atoms with van der Waals surface area (Å²) in [5.41, 5.74) is 1.37. The number of amides is 1. The van der Waals surface area contributed by atoms with Crippen molar-refractivity contribution in [3.05, 3.63) is 48.0 Å². The standard InChI is InChI=1S/C20H21NO6/c1-24-15-7-8-17(25-2)14(11-15)12-27-20(23)9-10-21-16-5-3-4-6-18(16)26-13-19(21)22/h3-8,11H,9-10,12-13H2,1-2H3. The van der Waals surface area contributed by atoms with Crippen LogP contribution in [0.15, 0.2) is 42.5 Å². The van der Waals surface area contributed by atoms with E-state index in [1.54, 1.807) is 49.5 Å². The van der Waals surface area contributed by atoms with E-state index in [0.29, 0.717) is 28.5 Å². The lowest BCUT2D eigenvalue weighted by Gasteiger charge is -2.29. The minimum atomic E-state index is -0.406. The predicted molar refractivity (Wildman–Crippen MR) is 98.2 cm³/mol. The van der Waals surface area contributed by atoms with Gasteiger partial charge in [0.2, 0.25) is 0 Å². The quantitative estimate of drug-likeness (QED) is 0.697. The van der Waals surface area contributed by atoms with Gasteiger partial charge in [0.15, 0.2) is 6.61 Å². The van der Waals surface area contributed by atoms with Gasteiger partial charge in [-0.25, -0.2) is 0 Å². The summed E-state index contributed by atoms with van der Waals surface area (Å²) in [5, 5.41) is 0. The number of ether oxygens (including phenoxy) is 4. The van der Waals surface area contributed by atoms with E-state index in [0.717, 1.165) is 0 Å². The summed E-state index contributed by atoms with van der Waals surface area (Å²) in [7, 11) is 3.11. The fourth-order valence-corrected chi connectivity index (χ4v) is 2.83. The number of esters is 1. The minimum absolute atomic E-state index is 0.0347. The van der Waals surface area contributed by atoms with Gasteiger partial charge in [0.25, 0.3) is 5.91 Å². The number of hydrogen-bond acceptors (Lipinski definition) is 6. The lowest BCUT2D eigenvalue weighted by molar-refractivity contribution is -0.144. The third-order valence-corrected chi connectivity index (χ3v) is 4.22. The molecule has 0 aromatic heterocycles. The van der Waals surface area contributed by atoms with Crippen LogP contribution in [0.25, 0.3) is 0 Å². The van der Waals surface area contributed by atoms with E-state index >= 15 is 0 Å². The molecule has 0 fully saturated rings. The average molecular weight is 371 g/mol. The van der Waals surface area contributed by atoms with Gasteiger partial charge in [-0.1, -0.05) is 12.1 Å². The van der Waals surface area contributed by atoms with Crippen molar-refractivity contribution in [1.82, 2.24) is 0 Å². The molecule has 3 rings (SSSR count). The molecule has 0 unspecified atom stereocenters. The summed E-state index contributed by atoms with van der Waals surface area (Å²) in [6, 6.07) is 12.5. The van der Waals surface area contributed by atoms with Crippen LogP contribution in [0.1, 0.15) is 12.0 Å². The van der Waals surface area contributed by atoms with Crippen LogP contribution < -0.4 is 19.1 Å². The van der Waals surface area contributed by atoms with Crippen molar-refractivity contribution in [2.75, 3.05) is 32.3 Å². The molecule has 2 aromatic carbocycles. The third kappa shape index (κ3) is 4.31. The molecule has 0 aliphatic carbocycles. The van der Waals surface area contributed by atoms with Gasteiger partial charge in [-0.3, -0.25) is 9.59 Å². The number of benzene rings is 2. The van der Waals surface area contributed by atoms with Crippen LogP contribution in [-0.2, 0) is 20.9 Å². The van der Waals surface area contributed by atoms with Gasteiger partial charge in [-0.05, 0) is 30.3 Å². The maximum atomic E-state index is 12.2. The van der Waals surface area contributed by atoms with Crippen LogP contribution in [0.5, 0.6) is 17.2 Å². The van der Waals surface area contributed by atoms with Gasteiger partial charge in [0.1, 0.15) is 23.9 Å². The lowest BCUT2D eigenvalue weighted by atomic mass is 10.2. The summed E-state index contributed by atoms with van der Waals surface area (Å²) in [4.78, 5) is 25.8. The number of fused-ring (bicyclic) bond motifs is 1. The van der Waals surface area contributed by atoms with E-state index < -0.39 is 5.97 Å². The minimum Gasteiger partial charge on any atom is -0.497 e. The van der Waals surface area contributed by atoms with Crippen LogP contribution in [0, 0.1) is 0 Å². The molecule has 7 nitrogen and oxygen atoms in total. The smallest absolute Gasteiger partial charge is 0.307 e. The molecule has 0 saturated carbocycles. The van der Waals surface area contributed by atoms with E-state index in [9.17, 15) is 9.59 Å². The zero-order valence-electron chi connectivity index (χ0n) is 15.3. The Morgan fingerprint density at radius 3 is 2.74 bits per heavy atom. The number of anilines is 1. The molecule has 0 saturated heterocycles. The van der Waals surface area contributed by atoms with Gasteiger partial charge >= 0.3 is 5.97 Å². The largest absolute Gasteiger partial charge is 0.497 e. The molecule has 1 amide bonds. The summed E-state index contributed by atoms with van der Waals surface area (Å²) in [6.07, 6.45) is 0.0758. The highest BCUT2D eigenvalue weighted by atomic mass is 16.5. The summed E-state index contributed by atoms with van der Waals surface area (Å²) in [6.45, 7) is 0.257. The Morgan fingerprint density at radius 2 is 1.96 bits per heavy atom. The van der Waals surface area contributed by atoms with Crippen molar-refractivity contribution in [3.63, 3.8) is 0 Å². The van der Waals surface area contributed by atoms with E-state index in [-0.39, 0.29) is 32.1 Å². The first-order valence-electron chi connectivity index (χ1n) is 8.51. The highest BCUT2D eigenvalue weighted by Crippen LogP contribution is 2.31. The number of para-hydroxylation sites is 2. The Labute approximate surface area is 157 Å². The molecular weight excluding hydrogens is 350 g/mol. The molecule has 0 radical (unpaired) electrons. The van der Waals surface area contributed by atoms with Crippen molar-refractivity contribution in [2.24, 2.45) is 0 Å². The molecule has 0 spiro atoms. The van der Waals surface area contributed by atoms with Crippen LogP contribution in [0.3, 0.4) is 0 Å². The molecule has 7 heteroatoms. The summed E-state index contributed by atoms with van der Waals surface area (Å²) in [5.74, 6) is 1.30. The SMILES string of the molecule is COc1ccc(OC)c(COC(=O)CCN2C(=O)COc3ccccc32)c1. The Kier molecular flexibility index (Phi) is 5.80. The first-order chi connectivity index (χ1) is 13.1. The second-order valence-electron chi connectivity index (χ2n) is 5.89. The Hall–Kier alpha value is -3.22. The zero-order chi connectivity index (χ0) is 19.2. The molecule has 0 bridgehead atoms. The topological polar surface area (TPSA) is 74.3 Å². The molecule has 1 aliphatic heterocycles. The van der Waals surface area contributed by atoms with Crippen molar-refractivity contribution < 1.29 is 28.5 Å². The summed E-state index contributed by atoms with van der Waals surface area (Å²) < 4.78 is 21.2. The first-order valence-corrected chi connectivity index (χ1v) is 8.51. The highest BCUT2D eigenvalue weighted by molar-refractivity contribution is 5.98. The fourth-order valence-electron chi connectivity index (χ4n) is 2.83. The van der Waals surface area contributed by atoms with Crippen molar-refractivity contribution in [3.8, 4) is 17.2 Å². The predicted octanol–water partition coefficient (Wildman–Crippen LogP) is 2.56. The molecule has 1 aliphatic rings. The van der Waals surface area contributed by atoms with Crippen molar-refractivity contribution in [2.45, 2.75) is 13.0 Å². The zero-order valence-corrected chi connectivity index (χ0v) is 15.3. The third-order valence-electron chi connectivity index (χ3n) is 4.22. The fraction of sp³-hybridized carbons (Fsp3) is 0.300. The highest BCUT2D eigenvalue weighted by Gasteiger charge is 2.25. The molecule has 0 N–H and O–H groups in total. The molecule has 142 valence electrons. The van der Waals surface area contributed by atoms with Gasteiger partial charge in [0, 0.05) is 12.1 Å². The number of carbonyl (C=O) groups is 2. The molecule has 27 heavy (non-hydrogen) atoms. The van der Waals surface area contributed by atoms with Gasteiger partial charge < -0.3 is 23.8 Å². The molecule has 2 aromatic rings. The van der Waals surface area contributed by atoms with E-state index in [4.69, 9.17) is 18.9 Å². The van der Waals surface area contributed by atoms with Crippen LogP contribution in [0.4, 0.5) is 5.69 Å². The second-order valence-corrected chi connectivity index (χ2v) is 5.89. The molecular formula is C20H21NO6. The normalized spacial score (nSPS) is 12.8. The van der Waals surface area contributed by atoms with Crippen LogP contribution in [0.2, 0.25) is 0 Å².